The van der Waals surface area contributed by atoms with E-state index in [1.807, 2.05) is 30.3 Å². The van der Waals surface area contributed by atoms with Gasteiger partial charge in [-0.25, -0.2) is 0 Å². The van der Waals surface area contributed by atoms with Crippen LogP contribution in [0.15, 0.2) is 42.0 Å². The van der Waals surface area contributed by atoms with E-state index in [2.05, 4.69) is 33.8 Å². The lowest BCUT2D eigenvalue weighted by Crippen LogP contribution is -2.42. The second-order valence-electron chi connectivity index (χ2n) is 9.40. The molecule has 0 saturated carbocycles. The lowest BCUT2D eigenvalue weighted by atomic mass is 9.66. The maximum absolute atomic E-state index is 12.2. The van der Waals surface area contributed by atoms with Gasteiger partial charge in [0.25, 0.3) is 0 Å². The van der Waals surface area contributed by atoms with Gasteiger partial charge in [0.05, 0.1) is 19.6 Å². The first-order chi connectivity index (χ1) is 13.8. The normalized spacial score (nSPS) is 31.8. The van der Waals surface area contributed by atoms with E-state index in [4.69, 9.17) is 9.47 Å². The second kappa shape index (κ2) is 8.83. The summed E-state index contributed by atoms with van der Waals surface area (Å²) in [5.74, 6) is 0.835. The molecule has 0 N–H and O–H groups in total. The number of rotatable bonds is 9. The van der Waals surface area contributed by atoms with Crippen LogP contribution in [0.4, 0.5) is 0 Å². The van der Waals surface area contributed by atoms with Gasteiger partial charge in [-0.05, 0) is 29.2 Å². The standard InChI is InChI=1S/C25H34O4/c1-18(2)22-11-10-21(24(22,4)12-13-26)15-25(19(3)14-23(27)29-25)17-28-16-20-8-6-5-7-9-20/h5-10,13,18-19,22H,11-12,14-17H2,1-4H3/t19?,22-,24+,25+/m1/s1. The van der Waals surface area contributed by atoms with Crippen molar-refractivity contribution in [2.24, 2.45) is 23.2 Å². The summed E-state index contributed by atoms with van der Waals surface area (Å²) in [6, 6.07) is 10.0. The molecule has 0 amide bonds. The molecule has 1 aromatic carbocycles. The Morgan fingerprint density at radius 3 is 2.59 bits per heavy atom. The highest BCUT2D eigenvalue weighted by molar-refractivity contribution is 5.73. The largest absolute Gasteiger partial charge is 0.456 e. The highest BCUT2D eigenvalue weighted by Crippen LogP contribution is 2.53. The van der Waals surface area contributed by atoms with E-state index >= 15 is 0 Å². The van der Waals surface area contributed by atoms with Gasteiger partial charge in [-0.1, -0.05) is 69.7 Å². The summed E-state index contributed by atoms with van der Waals surface area (Å²) >= 11 is 0. The van der Waals surface area contributed by atoms with Crippen molar-refractivity contribution in [3.63, 3.8) is 0 Å². The minimum absolute atomic E-state index is 0.0743. The number of benzene rings is 1. The Morgan fingerprint density at radius 1 is 1.28 bits per heavy atom. The van der Waals surface area contributed by atoms with Crippen molar-refractivity contribution in [1.82, 2.24) is 0 Å². The van der Waals surface area contributed by atoms with E-state index < -0.39 is 5.60 Å². The average molecular weight is 399 g/mol. The SMILES string of the molecule is CC(C)[C@H]1CC=C(C[C@@]2(COCc3ccccc3)OC(=O)CC2C)[C@]1(C)CC=O. The minimum Gasteiger partial charge on any atom is -0.456 e. The first-order valence-electron chi connectivity index (χ1n) is 10.8. The number of esters is 1. The van der Waals surface area contributed by atoms with Crippen molar-refractivity contribution in [2.75, 3.05) is 6.61 Å². The minimum atomic E-state index is -0.659. The highest BCUT2D eigenvalue weighted by Gasteiger charge is 2.51. The number of allylic oxidation sites excluding steroid dienone is 1. The van der Waals surface area contributed by atoms with Crippen LogP contribution >= 0.6 is 0 Å². The van der Waals surface area contributed by atoms with Crippen molar-refractivity contribution >= 4 is 12.3 Å². The molecule has 4 nitrogen and oxygen atoms in total. The van der Waals surface area contributed by atoms with Gasteiger partial charge >= 0.3 is 5.97 Å². The summed E-state index contributed by atoms with van der Waals surface area (Å²) < 4.78 is 12.0. The van der Waals surface area contributed by atoms with E-state index in [0.29, 0.717) is 44.3 Å². The Kier molecular flexibility index (Phi) is 6.62. The third-order valence-electron chi connectivity index (χ3n) is 7.12. The Hall–Kier alpha value is -1.94. The van der Waals surface area contributed by atoms with Gasteiger partial charge in [0, 0.05) is 18.8 Å². The number of hydrogen-bond acceptors (Lipinski definition) is 4. The Bertz CT molecular complexity index is 753. The molecule has 4 atom stereocenters. The summed E-state index contributed by atoms with van der Waals surface area (Å²) in [4.78, 5) is 23.7. The number of carbonyl (C=O) groups is 2. The van der Waals surface area contributed by atoms with E-state index in [-0.39, 0.29) is 17.3 Å². The lowest BCUT2D eigenvalue weighted by molar-refractivity contribution is -0.156. The van der Waals surface area contributed by atoms with Crippen molar-refractivity contribution in [3.8, 4) is 0 Å². The van der Waals surface area contributed by atoms with Crippen LogP contribution in [0.1, 0.15) is 58.9 Å². The summed E-state index contributed by atoms with van der Waals surface area (Å²) in [5.41, 5.74) is 1.50. The molecule has 0 radical (unpaired) electrons. The number of ether oxygens (including phenoxy) is 2. The fourth-order valence-electron chi connectivity index (χ4n) is 5.21. The van der Waals surface area contributed by atoms with Crippen LogP contribution < -0.4 is 0 Å². The van der Waals surface area contributed by atoms with Crippen molar-refractivity contribution in [1.29, 1.82) is 0 Å². The molecule has 2 aliphatic rings. The van der Waals surface area contributed by atoms with E-state index in [1.54, 1.807) is 0 Å². The highest BCUT2D eigenvalue weighted by atomic mass is 16.6. The third-order valence-corrected chi connectivity index (χ3v) is 7.12. The maximum Gasteiger partial charge on any atom is 0.306 e. The van der Waals surface area contributed by atoms with Gasteiger partial charge < -0.3 is 14.3 Å². The zero-order valence-electron chi connectivity index (χ0n) is 18.1. The molecule has 0 spiro atoms. The molecule has 0 aromatic heterocycles. The smallest absolute Gasteiger partial charge is 0.306 e. The summed E-state index contributed by atoms with van der Waals surface area (Å²) in [7, 11) is 0. The van der Waals surface area contributed by atoms with Gasteiger partial charge in [0.2, 0.25) is 0 Å². The van der Waals surface area contributed by atoms with E-state index in [1.165, 1.54) is 5.57 Å². The third kappa shape index (κ3) is 4.48. The number of hydrogen-bond donors (Lipinski definition) is 0. The number of cyclic esters (lactones) is 1. The van der Waals surface area contributed by atoms with Crippen LogP contribution in [0.5, 0.6) is 0 Å². The van der Waals surface area contributed by atoms with Gasteiger partial charge in [0.1, 0.15) is 11.9 Å². The van der Waals surface area contributed by atoms with E-state index in [0.717, 1.165) is 18.3 Å². The molecule has 1 fully saturated rings. The van der Waals surface area contributed by atoms with Crippen molar-refractivity contribution in [2.45, 2.75) is 65.6 Å². The molecule has 3 rings (SSSR count). The van der Waals surface area contributed by atoms with Crippen LogP contribution in [-0.4, -0.2) is 24.5 Å². The molecule has 1 unspecified atom stereocenters. The van der Waals surface area contributed by atoms with Crippen LogP contribution in [0.25, 0.3) is 0 Å². The van der Waals surface area contributed by atoms with E-state index in [9.17, 15) is 9.59 Å². The molecule has 29 heavy (non-hydrogen) atoms. The molecular formula is C25H34O4. The van der Waals surface area contributed by atoms with Gasteiger partial charge in [-0.3, -0.25) is 4.79 Å². The zero-order valence-corrected chi connectivity index (χ0v) is 18.1. The second-order valence-corrected chi connectivity index (χ2v) is 9.40. The number of aldehydes is 1. The molecule has 4 heteroatoms. The predicted molar refractivity (Wildman–Crippen MR) is 113 cm³/mol. The van der Waals surface area contributed by atoms with Crippen molar-refractivity contribution < 1.29 is 19.1 Å². The molecule has 1 heterocycles. The number of carbonyl (C=O) groups excluding carboxylic acids is 2. The van der Waals surface area contributed by atoms with Crippen LogP contribution in [-0.2, 0) is 25.7 Å². The summed E-state index contributed by atoms with van der Waals surface area (Å²) in [6.07, 6.45) is 5.86. The summed E-state index contributed by atoms with van der Waals surface area (Å²) in [5, 5.41) is 0. The Balaban J connectivity index is 1.78. The lowest BCUT2D eigenvalue weighted by Gasteiger charge is -2.40. The predicted octanol–water partition coefficient (Wildman–Crippen LogP) is 5.11. The Morgan fingerprint density at radius 2 is 2.00 bits per heavy atom. The maximum atomic E-state index is 12.2. The zero-order chi connectivity index (χ0) is 21.1. The van der Waals surface area contributed by atoms with Crippen LogP contribution in [0.2, 0.25) is 0 Å². The molecule has 1 aliphatic carbocycles. The fourth-order valence-corrected chi connectivity index (χ4v) is 5.21. The van der Waals surface area contributed by atoms with Crippen LogP contribution in [0, 0.1) is 23.2 Å². The summed E-state index contributed by atoms with van der Waals surface area (Å²) in [6.45, 7) is 9.58. The molecular weight excluding hydrogens is 364 g/mol. The first-order valence-corrected chi connectivity index (χ1v) is 10.8. The molecule has 1 aliphatic heterocycles. The average Bonchev–Trinajstić information content (AvgIpc) is 3.13. The van der Waals surface area contributed by atoms with Crippen LogP contribution in [0.3, 0.4) is 0 Å². The van der Waals surface area contributed by atoms with Crippen molar-refractivity contribution in [3.05, 3.63) is 47.5 Å². The quantitative estimate of drug-likeness (QED) is 0.329. The molecule has 158 valence electrons. The molecule has 1 aromatic rings. The molecule has 1 saturated heterocycles. The molecule has 0 bridgehead atoms. The fraction of sp³-hybridized carbons (Fsp3) is 0.600. The topological polar surface area (TPSA) is 52.6 Å². The van der Waals surface area contributed by atoms with Gasteiger partial charge in [0.15, 0.2) is 0 Å². The van der Waals surface area contributed by atoms with Gasteiger partial charge in [-0.15, -0.1) is 0 Å². The monoisotopic (exact) mass is 398 g/mol. The first kappa shape index (κ1) is 21.8. The van der Waals surface area contributed by atoms with Gasteiger partial charge in [-0.2, -0.15) is 0 Å². The Labute approximate surface area is 174 Å².